The summed E-state index contributed by atoms with van der Waals surface area (Å²) in [5.74, 6) is 0.493. The van der Waals surface area contributed by atoms with E-state index < -0.39 is 6.09 Å². The lowest BCUT2D eigenvalue weighted by molar-refractivity contribution is -0.123. The SMILES string of the molecule is NCCC1CN(c2ncc3c(n2)NC(=O)CO3)C(=O)O1.O=CO. The first-order valence-corrected chi connectivity index (χ1v) is 6.64. The Kier molecular flexibility index (Phi) is 5.25. The number of nitrogens with one attached hydrogen (secondary N) is 1. The second-order valence-corrected chi connectivity index (χ2v) is 4.52. The summed E-state index contributed by atoms with van der Waals surface area (Å²) in [6.07, 6.45) is 1.21. The molecule has 1 atom stereocenters. The predicted octanol–water partition coefficient (Wildman–Crippen LogP) is -0.818. The van der Waals surface area contributed by atoms with Gasteiger partial charge in [-0.1, -0.05) is 0 Å². The van der Waals surface area contributed by atoms with Gasteiger partial charge in [0.1, 0.15) is 6.10 Å². The fourth-order valence-corrected chi connectivity index (χ4v) is 2.02. The molecule has 3 heterocycles. The number of hydrogen-bond acceptors (Lipinski definition) is 8. The summed E-state index contributed by atoms with van der Waals surface area (Å²) in [5.41, 5.74) is 5.44. The number of fused-ring (bicyclic) bond motifs is 1. The van der Waals surface area contributed by atoms with Crippen LogP contribution in [0.5, 0.6) is 5.75 Å². The van der Waals surface area contributed by atoms with Gasteiger partial charge in [0, 0.05) is 0 Å². The summed E-state index contributed by atoms with van der Waals surface area (Å²) < 4.78 is 10.3. The van der Waals surface area contributed by atoms with Crippen molar-refractivity contribution in [1.29, 1.82) is 0 Å². The van der Waals surface area contributed by atoms with Crippen molar-refractivity contribution in [2.45, 2.75) is 12.5 Å². The Hall–Kier alpha value is -2.95. The van der Waals surface area contributed by atoms with Crippen LogP contribution >= 0.6 is 0 Å². The van der Waals surface area contributed by atoms with Crippen LogP contribution in [0.1, 0.15) is 6.42 Å². The number of nitrogens with zero attached hydrogens (tertiary/aromatic N) is 3. The first kappa shape index (κ1) is 16.4. The normalized spacial score (nSPS) is 18.8. The molecule has 2 aliphatic rings. The summed E-state index contributed by atoms with van der Waals surface area (Å²) in [6.45, 7) is 0.449. The molecule has 0 saturated carbocycles. The number of amides is 2. The molecule has 2 amide bonds. The molecule has 0 aliphatic carbocycles. The summed E-state index contributed by atoms with van der Waals surface area (Å²) >= 11 is 0. The molecule has 1 unspecified atom stereocenters. The van der Waals surface area contributed by atoms with Gasteiger partial charge in [-0.25, -0.2) is 14.7 Å². The van der Waals surface area contributed by atoms with Gasteiger partial charge < -0.3 is 25.6 Å². The zero-order valence-electron chi connectivity index (χ0n) is 12.0. The lowest BCUT2D eigenvalue weighted by Crippen LogP contribution is -2.30. The zero-order valence-corrected chi connectivity index (χ0v) is 12.0. The summed E-state index contributed by atoms with van der Waals surface area (Å²) in [5, 5.41) is 9.45. The minimum Gasteiger partial charge on any atom is -0.483 e. The summed E-state index contributed by atoms with van der Waals surface area (Å²) in [7, 11) is 0. The molecule has 0 bridgehead atoms. The molecule has 1 saturated heterocycles. The van der Waals surface area contributed by atoms with Crippen LogP contribution in [0.3, 0.4) is 0 Å². The molecule has 2 aliphatic heterocycles. The lowest BCUT2D eigenvalue weighted by atomic mass is 10.2. The first-order valence-electron chi connectivity index (χ1n) is 6.64. The molecule has 1 fully saturated rings. The monoisotopic (exact) mass is 325 g/mol. The minimum absolute atomic E-state index is 0.0694. The first-order chi connectivity index (χ1) is 11.1. The maximum absolute atomic E-state index is 11.8. The van der Waals surface area contributed by atoms with E-state index in [4.69, 9.17) is 25.1 Å². The van der Waals surface area contributed by atoms with E-state index in [2.05, 4.69) is 15.3 Å². The van der Waals surface area contributed by atoms with Gasteiger partial charge in [-0.2, -0.15) is 4.98 Å². The highest BCUT2D eigenvalue weighted by molar-refractivity contribution is 5.94. The number of hydrogen-bond donors (Lipinski definition) is 3. The number of carbonyl (C=O) groups is 3. The van der Waals surface area contributed by atoms with Crippen LogP contribution in [0, 0.1) is 0 Å². The molecule has 11 nitrogen and oxygen atoms in total. The Morgan fingerprint density at radius 3 is 2.96 bits per heavy atom. The quantitative estimate of drug-likeness (QED) is 0.604. The summed E-state index contributed by atoms with van der Waals surface area (Å²) in [6, 6.07) is 0. The van der Waals surface area contributed by atoms with Gasteiger partial charge in [-0.3, -0.25) is 9.59 Å². The third-order valence-electron chi connectivity index (χ3n) is 2.96. The highest BCUT2D eigenvalue weighted by Gasteiger charge is 2.34. The zero-order chi connectivity index (χ0) is 16.8. The third kappa shape index (κ3) is 3.83. The number of carbonyl (C=O) groups excluding carboxylic acids is 2. The molecule has 4 N–H and O–H groups in total. The Bertz CT molecular complexity index is 610. The molecule has 3 rings (SSSR count). The van der Waals surface area contributed by atoms with Crippen LogP contribution in [0.25, 0.3) is 0 Å². The van der Waals surface area contributed by atoms with E-state index in [1.54, 1.807) is 0 Å². The van der Waals surface area contributed by atoms with Crippen LogP contribution < -0.4 is 20.7 Å². The van der Waals surface area contributed by atoms with E-state index in [1.165, 1.54) is 11.1 Å². The number of carboxylic acid groups (broad SMARTS) is 1. The number of nitrogens with two attached hydrogens (primary N) is 1. The van der Waals surface area contributed by atoms with Crippen LogP contribution in [0.4, 0.5) is 16.6 Å². The van der Waals surface area contributed by atoms with Crippen molar-refractivity contribution < 1.29 is 29.0 Å². The fraction of sp³-hybridized carbons (Fsp3) is 0.417. The van der Waals surface area contributed by atoms with Gasteiger partial charge in [-0.05, 0) is 13.0 Å². The highest BCUT2D eigenvalue weighted by atomic mass is 16.6. The minimum atomic E-state index is -0.522. The fourth-order valence-electron chi connectivity index (χ4n) is 2.02. The van der Waals surface area contributed by atoms with Crippen LogP contribution in [-0.2, 0) is 14.3 Å². The third-order valence-corrected chi connectivity index (χ3v) is 2.96. The predicted molar refractivity (Wildman–Crippen MR) is 76.1 cm³/mol. The second-order valence-electron chi connectivity index (χ2n) is 4.52. The van der Waals surface area contributed by atoms with Crippen molar-refractivity contribution in [2.24, 2.45) is 5.73 Å². The van der Waals surface area contributed by atoms with Gasteiger partial charge in [0.2, 0.25) is 5.95 Å². The maximum atomic E-state index is 11.8. The molecular formula is C12H15N5O6. The smallest absolute Gasteiger partial charge is 0.417 e. The Morgan fingerprint density at radius 2 is 2.26 bits per heavy atom. The molecule has 11 heteroatoms. The van der Waals surface area contributed by atoms with Crippen molar-refractivity contribution >= 4 is 30.2 Å². The molecule has 124 valence electrons. The van der Waals surface area contributed by atoms with Gasteiger partial charge in [0.25, 0.3) is 12.4 Å². The molecule has 1 aromatic heterocycles. The average Bonchev–Trinajstić information content (AvgIpc) is 2.88. The maximum Gasteiger partial charge on any atom is 0.417 e. The van der Waals surface area contributed by atoms with Gasteiger partial charge in [0.15, 0.2) is 18.2 Å². The van der Waals surface area contributed by atoms with Crippen molar-refractivity contribution in [3.05, 3.63) is 6.20 Å². The number of cyclic esters (lactones) is 1. The van der Waals surface area contributed by atoms with Crippen LogP contribution in [0.2, 0.25) is 0 Å². The number of rotatable bonds is 3. The number of aromatic nitrogens is 2. The van der Waals surface area contributed by atoms with Crippen molar-refractivity contribution in [3.63, 3.8) is 0 Å². The molecule has 0 aromatic carbocycles. The van der Waals surface area contributed by atoms with E-state index in [9.17, 15) is 9.59 Å². The van der Waals surface area contributed by atoms with Crippen LogP contribution in [-0.4, -0.2) is 59.3 Å². The lowest BCUT2D eigenvalue weighted by Gasteiger charge is -2.18. The molecular weight excluding hydrogens is 310 g/mol. The summed E-state index contributed by atoms with van der Waals surface area (Å²) in [4.78, 5) is 40.8. The largest absolute Gasteiger partial charge is 0.483 e. The van der Waals surface area contributed by atoms with Crippen molar-refractivity contribution in [2.75, 3.05) is 29.9 Å². The van der Waals surface area contributed by atoms with Crippen LogP contribution in [0.15, 0.2) is 6.20 Å². The second kappa shape index (κ2) is 7.35. The molecule has 0 spiro atoms. The van der Waals surface area contributed by atoms with E-state index >= 15 is 0 Å². The van der Waals surface area contributed by atoms with E-state index in [-0.39, 0.29) is 36.9 Å². The van der Waals surface area contributed by atoms with Crippen molar-refractivity contribution in [1.82, 2.24) is 9.97 Å². The number of anilines is 2. The van der Waals surface area contributed by atoms with Gasteiger partial charge in [-0.15, -0.1) is 0 Å². The highest BCUT2D eigenvalue weighted by Crippen LogP contribution is 2.28. The Balaban J connectivity index is 0.000000595. The van der Waals surface area contributed by atoms with E-state index in [0.717, 1.165) is 0 Å². The topological polar surface area (TPSA) is 157 Å². The number of ether oxygens (including phenoxy) is 2. The molecule has 0 radical (unpaired) electrons. The van der Waals surface area contributed by atoms with Gasteiger partial charge in [0.05, 0.1) is 12.7 Å². The van der Waals surface area contributed by atoms with E-state index in [0.29, 0.717) is 25.3 Å². The molecule has 23 heavy (non-hydrogen) atoms. The average molecular weight is 325 g/mol. The van der Waals surface area contributed by atoms with Crippen molar-refractivity contribution in [3.8, 4) is 5.75 Å². The standard InChI is InChI=1S/C11H13N5O4.CH2O2/c12-2-1-6-4-16(11(18)20-6)10-13-3-7-9(15-10)14-8(17)5-19-7;2-1-3/h3,6H,1-2,4-5,12H2,(H,13,14,15,17);1H,(H,2,3). The Morgan fingerprint density at radius 1 is 1.52 bits per heavy atom. The van der Waals surface area contributed by atoms with E-state index in [1.807, 2.05) is 0 Å². The molecule has 1 aromatic rings. The Labute approximate surface area is 130 Å². The van der Waals surface area contributed by atoms with Gasteiger partial charge >= 0.3 is 6.09 Å².